The molecular formula is C20H23NO3S. The Kier molecular flexibility index (Phi) is 4.80. The van der Waals surface area contributed by atoms with Crippen LogP contribution >= 0.6 is 0 Å². The van der Waals surface area contributed by atoms with Gasteiger partial charge in [0, 0.05) is 36.4 Å². The summed E-state index contributed by atoms with van der Waals surface area (Å²) in [6, 6.07) is 18.6. The molecule has 1 atom stereocenters. The van der Waals surface area contributed by atoms with Crippen LogP contribution in [0.5, 0.6) is 0 Å². The molecule has 1 heterocycles. The molecule has 0 saturated carbocycles. The van der Waals surface area contributed by atoms with Gasteiger partial charge in [-0.05, 0) is 19.8 Å². The monoisotopic (exact) mass is 357 g/mol. The van der Waals surface area contributed by atoms with E-state index >= 15 is 0 Å². The number of unbranched alkanes of at least 4 members (excludes halogenated alkanes) is 1. The fourth-order valence-corrected chi connectivity index (χ4v) is 4.30. The molecule has 0 aromatic heterocycles. The lowest BCUT2D eigenvalue weighted by molar-refractivity contribution is 0.457. The number of hydrogen-bond acceptors (Lipinski definition) is 3. The van der Waals surface area contributed by atoms with Crippen LogP contribution in [-0.2, 0) is 15.5 Å². The van der Waals surface area contributed by atoms with Gasteiger partial charge in [-0.3, -0.25) is 0 Å². The third kappa shape index (κ3) is 3.53. The van der Waals surface area contributed by atoms with Crippen molar-refractivity contribution in [3.63, 3.8) is 0 Å². The maximum Gasteiger partial charge on any atom is 0.215 e. The minimum absolute atomic E-state index is 0.168. The molecule has 0 bridgehead atoms. The van der Waals surface area contributed by atoms with Gasteiger partial charge in [-0.2, -0.15) is 4.58 Å². The summed E-state index contributed by atoms with van der Waals surface area (Å²) in [5, 5.41) is 0. The van der Waals surface area contributed by atoms with E-state index in [-0.39, 0.29) is 11.2 Å². The Morgan fingerprint density at radius 3 is 2.32 bits per heavy atom. The van der Waals surface area contributed by atoms with Crippen LogP contribution < -0.4 is 4.58 Å². The second-order valence-corrected chi connectivity index (χ2v) is 8.35. The van der Waals surface area contributed by atoms with Crippen molar-refractivity contribution in [1.29, 1.82) is 0 Å². The Labute approximate surface area is 149 Å². The molecule has 1 aliphatic rings. The Hall–Kier alpha value is -1.98. The molecule has 0 saturated heterocycles. The van der Waals surface area contributed by atoms with E-state index < -0.39 is 10.1 Å². The quantitative estimate of drug-likeness (QED) is 0.446. The molecule has 0 N–H and O–H groups in total. The van der Waals surface area contributed by atoms with Crippen molar-refractivity contribution in [2.24, 2.45) is 0 Å². The van der Waals surface area contributed by atoms with E-state index in [0.717, 1.165) is 12.1 Å². The summed E-state index contributed by atoms with van der Waals surface area (Å²) in [6.45, 7) is 4.34. The van der Waals surface area contributed by atoms with Crippen molar-refractivity contribution >= 4 is 27.2 Å². The highest BCUT2D eigenvalue weighted by atomic mass is 32.2. The van der Waals surface area contributed by atoms with Gasteiger partial charge in [-0.1, -0.05) is 42.8 Å². The molecule has 1 unspecified atom stereocenters. The van der Waals surface area contributed by atoms with Crippen molar-refractivity contribution in [2.45, 2.75) is 38.5 Å². The minimum atomic E-state index is -4.13. The van der Waals surface area contributed by atoms with Crippen molar-refractivity contribution < 1.29 is 13.0 Å². The first-order valence-electron chi connectivity index (χ1n) is 8.55. The van der Waals surface area contributed by atoms with Gasteiger partial charge in [0.1, 0.15) is 0 Å². The summed E-state index contributed by atoms with van der Waals surface area (Å²) in [4.78, 5) is 0. The molecule has 2 aromatic carbocycles. The number of hydrogen-bond donors (Lipinski definition) is 0. The van der Waals surface area contributed by atoms with Crippen LogP contribution in [0.3, 0.4) is 0 Å². The maximum atomic E-state index is 10.8. The molecule has 5 heteroatoms. The van der Waals surface area contributed by atoms with Gasteiger partial charge in [-0.25, -0.2) is 8.42 Å². The van der Waals surface area contributed by atoms with Crippen molar-refractivity contribution in [3.8, 4) is 0 Å². The normalized spacial score (nSPS) is 20.0. The highest BCUT2D eigenvalue weighted by molar-refractivity contribution is 7.85. The largest absolute Gasteiger partial charge is 0.748 e. The second-order valence-electron chi connectivity index (χ2n) is 6.82. The first-order valence-corrected chi connectivity index (χ1v) is 10.1. The van der Waals surface area contributed by atoms with Gasteiger partial charge >= 0.3 is 0 Å². The zero-order valence-electron chi connectivity index (χ0n) is 14.6. The van der Waals surface area contributed by atoms with Crippen LogP contribution in [0.1, 0.15) is 38.7 Å². The number of fused-ring (bicyclic) bond motifs is 1. The number of benzene rings is 2. The first kappa shape index (κ1) is 17.8. The predicted molar refractivity (Wildman–Crippen MR) is 101 cm³/mol. The number of nitrogens with zero attached hydrogens (tertiary/aromatic N) is 1. The van der Waals surface area contributed by atoms with Crippen molar-refractivity contribution in [2.75, 3.05) is 5.75 Å². The fourth-order valence-electron chi connectivity index (χ4n) is 3.74. The number of rotatable bonds is 6. The summed E-state index contributed by atoms with van der Waals surface area (Å²) < 4.78 is 34.8. The van der Waals surface area contributed by atoms with E-state index in [0.29, 0.717) is 12.8 Å². The van der Waals surface area contributed by atoms with Gasteiger partial charge in [-0.15, -0.1) is 0 Å². The van der Waals surface area contributed by atoms with Crippen LogP contribution in [0.2, 0.25) is 0 Å². The summed E-state index contributed by atoms with van der Waals surface area (Å²) in [7, 11) is -4.13. The molecule has 3 rings (SSSR count). The predicted octanol–water partition coefficient (Wildman–Crippen LogP) is 3.97. The maximum absolute atomic E-state index is 10.8. The summed E-state index contributed by atoms with van der Waals surface area (Å²) in [5.74, 6) is -0.286. The Morgan fingerprint density at radius 1 is 1.00 bits per heavy atom. The Bertz CT molecular complexity index is 904. The van der Waals surface area contributed by atoms with Crippen molar-refractivity contribution in [3.05, 3.63) is 60.2 Å². The molecule has 132 valence electrons. The molecule has 4 nitrogen and oxygen atoms in total. The average molecular weight is 357 g/mol. The van der Waals surface area contributed by atoms with Gasteiger partial charge in [0.05, 0.1) is 15.5 Å². The van der Waals surface area contributed by atoms with E-state index in [1.54, 1.807) is 0 Å². The molecule has 1 aliphatic heterocycles. The fraction of sp³-hybridized carbons (Fsp3) is 0.350. The minimum Gasteiger partial charge on any atom is -0.748 e. The smallest absolute Gasteiger partial charge is 0.215 e. The van der Waals surface area contributed by atoms with E-state index in [4.69, 9.17) is 0 Å². The zero-order valence-corrected chi connectivity index (χ0v) is 15.4. The van der Waals surface area contributed by atoms with Gasteiger partial charge in [0.2, 0.25) is 11.4 Å². The van der Waals surface area contributed by atoms with Crippen LogP contribution in [0.25, 0.3) is 0 Å². The highest BCUT2D eigenvalue weighted by Gasteiger charge is 2.46. The van der Waals surface area contributed by atoms with Crippen molar-refractivity contribution in [1.82, 2.24) is 4.58 Å². The lowest BCUT2D eigenvalue weighted by atomic mass is 9.76. The lowest BCUT2D eigenvalue weighted by Crippen LogP contribution is -2.30. The molecule has 0 amide bonds. The van der Waals surface area contributed by atoms with Gasteiger partial charge in [0.15, 0.2) is 5.71 Å². The molecule has 25 heavy (non-hydrogen) atoms. The summed E-state index contributed by atoms with van der Waals surface area (Å²) >= 11 is 0. The average Bonchev–Trinajstić information content (AvgIpc) is 2.80. The molecular weight excluding hydrogens is 334 g/mol. The van der Waals surface area contributed by atoms with Crippen LogP contribution in [0.15, 0.2) is 54.6 Å². The van der Waals surface area contributed by atoms with E-state index in [1.807, 2.05) is 30.3 Å². The Balaban J connectivity index is 1.94. The Morgan fingerprint density at radius 2 is 1.64 bits per heavy atom. The van der Waals surface area contributed by atoms with Crippen LogP contribution in [0, 0.1) is 0 Å². The van der Waals surface area contributed by atoms with Crippen LogP contribution in [0.4, 0.5) is 11.4 Å². The molecule has 0 radical (unpaired) electrons. The van der Waals surface area contributed by atoms with Crippen LogP contribution in [-0.4, -0.2) is 24.4 Å². The third-order valence-corrected chi connectivity index (χ3v) is 6.00. The highest BCUT2D eigenvalue weighted by Crippen LogP contribution is 2.44. The molecule has 2 aromatic rings. The van der Waals surface area contributed by atoms with E-state index in [2.05, 4.69) is 42.7 Å². The summed E-state index contributed by atoms with van der Waals surface area (Å²) in [5.41, 5.74) is 4.61. The van der Waals surface area contributed by atoms with Gasteiger partial charge in [0.25, 0.3) is 0 Å². The molecule has 0 fully saturated rings. The standard InChI is InChI=1S/C20H23NO3S/c1-16-20(2,14-8-9-15-25(22,23)24)18-12-6-7-13-19(18)21(16)17-10-4-3-5-11-17/h3-7,10-13H,8-9,14-15H2,1-2H3. The first-order chi connectivity index (χ1) is 11.8. The lowest BCUT2D eigenvalue weighted by Gasteiger charge is -2.22. The second kappa shape index (κ2) is 6.73. The van der Waals surface area contributed by atoms with Gasteiger partial charge < -0.3 is 4.55 Å². The topological polar surface area (TPSA) is 60.2 Å². The SMILES string of the molecule is CC1=[N+](c2ccccc2)c2ccccc2C1(C)CCCCS(=O)(=O)[O-]. The number of para-hydroxylation sites is 2. The van der Waals surface area contributed by atoms with E-state index in [9.17, 15) is 13.0 Å². The van der Waals surface area contributed by atoms with E-state index in [1.165, 1.54) is 17.0 Å². The molecule has 0 aliphatic carbocycles. The molecule has 0 spiro atoms. The zero-order chi connectivity index (χ0) is 18.1. The third-order valence-electron chi connectivity index (χ3n) is 5.21. The summed E-state index contributed by atoms with van der Waals surface area (Å²) in [6.07, 6.45) is 1.92.